The molecule has 1 saturated heterocycles. The highest BCUT2D eigenvalue weighted by Gasteiger charge is 2.27. The molecule has 1 aliphatic rings. The largest absolute Gasteiger partial charge is 0.495 e. The van der Waals surface area contributed by atoms with Crippen LogP contribution in [0.3, 0.4) is 0 Å². The van der Waals surface area contributed by atoms with Crippen molar-refractivity contribution in [1.29, 1.82) is 0 Å². The molecule has 1 N–H and O–H groups in total. The number of methoxy groups -OCH3 is 1. The van der Waals surface area contributed by atoms with Crippen molar-refractivity contribution in [1.82, 2.24) is 4.72 Å². The summed E-state index contributed by atoms with van der Waals surface area (Å²) in [5.41, 5.74) is 0.901. The minimum atomic E-state index is -3.17. The summed E-state index contributed by atoms with van der Waals surface area (Å²) in [5.74, 6) is 0.845. The molecule has 0 aliphatic carbocycles. The maximum Gasteiger partial charge on any atom is 0.211 e. The lowest BCUT2D eigenvalue weighted by Gasteiger charge is -2.21. The highest BCUT2D eigenvalue weighted by molar-refractivity contribution is 7.89. The number of hydrogen-bond donors (Lipinski definition) is 1. The number of nitrogens with zero attached hydrogens (tertiary/aromatic N) is 1. The van der Waals surface area contributed by atoms with Crippen molar-refractivity contribution in [2.75, 3.05) is 30.9 Å². The summed E-state index contributed by atoms with van der Waals surface area (Å²) in [4.78, 5) is 2.09. The van der Waals surface area contributed by atoms with Gasteiger partial charge in [0.1, 0.15) is 5.75 Å². The lowest BCUT2D eigenvalue weighted by Crippen LogP contribution is -2.37. The molecular weight excluding hydrogens is 300 g/mol. The third-order valence-electron chi connectivity index (χ3n) is 3.40. The van der Waals surface area contributed by atoms with E-state index in [1.165, 1.54) is 0 Å². The number of halogens is 1. The average Bonchev–Trinajstić information content (AvgIpc) is 2.86. The molecule has 1 aromatic carbocycles. The molecule has 1 heterocycles. The van der Waals surface area contributed by atoms with Gasteiger partial charge in [-0.2, -0.15) is 0 Å². The maximum absolute atomic E-state index is 11.6. The second kappa shape index (κ2) is 6.20. The fourth-order valence-corrected chi connectivity index (χ4v) is 3.36. The van der Waals surface area contributed by atoms with Crippen LogP contribution in [0.25, 0.3) is 0 Å². The molecule has 5 nitrogen and oxygen atoms in total. The third-order valence-corrected chi connectivity index (χ3v) is 5.08. The van der Waals surface area contributed by atoms with Crippen LogP contribution in [-0.2, 0) is 10.0 Å². The van der Waals surface area contributed by atoms with Crippen LogP contribution in [0.1, 0.15) is 13.3 Å². The SMILES string of the molecule is CCS(=O)(=O)N[C@@H]1CCN(c2cc(Cl)ccc2OC)C1. The Hall–Kier alpha value is -0.980. The first-order valence-corrected chi connectivity index (χ1v) is 8.56. The standard InChI is InChI=1S/C13H19ClN2O3S/c1-3-20(17,18)15-11-6-7-16(9-11)12-8-10(14)4-5-13(12)19-2/h4-5,8,11,15H,3,6-7,9H2,1-2H3/t11-/m1/s1. The summed E-state index contributed by atoms with van der Waals surface area (Å²) in [5, 5.41) is 0.637. The molecule has 112 valence electrons. The van der Waals surface area contributed by atoms with Gasteiger partial charge in [-0.25, -0.2) is 13.1 Å². The molecule has 7 heteroatoms. The molecule has 1 aromatic rings. The van der Waals surface area contributed by atoms with Crippen LogP contribution in [0, 0.1) is 0 Å². The number of benzene rings is 1. The summed E-state index contributed by atoms with van der Waals surface area (Å²) in [7, 11) is -1.56. The van der Waals surface area contributed by atoms with E-state index in [0.29, 0.717) is 11.6 Å². The van der Waals surface area contributed by atoms with Crippen molar-refractivity contribution in [3.05, 3.63) is 23.2 Å². The van der Waals surface area contributed by atoms with E-state index in [9.17, 15) is 8.42 Å². The van der Waals surface area contributed by atoms with E-state index >= 15 is 0 Å². The van der Waals surface area contributed by atoms with Crippen molar-refractivity contribution in [3.63, 3.8) is 0 Å². The molecular formula is C13H19ClN2O3S. The van der Waals surface area contributed by atoms with Gasteiger partial charge in [0, 0.05) is 24.2 Å². The number of sulfonamides is 1. The molecule has 0 saturated carbocycles. The molecule has 0 aromatic heterocycles. The van der Waals surface area contributed by atoms with Gasteiger partial charge in [-0.05, 0) is 31.5 Å². The van der Waals surface area contributed by atoms with Crippen molar-refractivity contribution >= 4 is 27.3 Å². The zero-order chi connectivity index (χ0) is 14.8. The molecule has 1 aliphatic heterocycles. The van der Waals surface area contributed by atoms with Crippen LogP contribution in [0.4, 0.5) is 5.69 Å². The van der Waals surface area contributed by atoms with Gasteiger partial charge in [0.05, 0.1) is 18.6 Å². The first-order chi connectivity index (χ1) is 9.45. The molecule has 0 radical (unpaired) electrons. The Labute approximate surface area is 124 Å². The lowest BCUT2D eigenvalue weighted by molar-refractivity contribution is 0.415. The van der Waals surface area contributed by atoms with Crippen molar-refractivity contribution < 1.29 is 13.2 Å². The monoisotopic (exact) mass is 318 g/mol. The normalized spacial score (nSPS) is 19.4. The van der Waals surface area contributed by atoms with Crippen molar-refractivity contribution in [2.45, 2.75) is 19.4 Å². The minimum absolute atomic E-state index is 0.0661. The van der Waals surface area contributed by atoms with Gasteiger partial charge in [0.15, 0.2) is 0 Å². The highest BCUT2D eigenvalue weighted by Crippen LogP contribution is 2.33. The minimum Gasteiger partial charge on any atom is -0.495 e. The van der Waals surface area contributed by atoms with E-state index < -0.39 is 10.0 Å². The van der Waals surface area contributed by atoms with Crippen LogP contribution in [-0.4, -0.2) is 40.4 Å². The topological polar surface area (TPSA) is 58.6 Å². The summed E-state index contributed by atoms with van der Waals surface area (Å²) in [6.45, 7) is 3.03. The number of ether oxygens (including phenoxy) is 1. The Morgan fingerprint density at radius 2 is 2.25 bits per heavy atom. The van der Waals surface area contributed by atoms with Crippen LogP contribution >= 0.6 is 11.6 Å². The zero-order valence-electron chi connectivity index (χ0n) is 11.6. The van der Waals surface area contributed by atoms with Crippen molar-refractivity contribution in [2.24, 2.45) is 0 Å². The summed E-state index contributed by atoms with van der Waals surface area (Å²) in [6, 6.07) is 5.37. The van der Waals surface area contributed by atoms with Crippen LogP contribution < -0.4 is 14.4 Å². The second-order valence-corrected chi connectivity index (χ2v) is 7.25. The average molecular weight is 319 g/mol. The van der Waals surface area contributed by atoms with Gasteiger partial charge in [0.25, 0.3) is 0 Å². The van der Waals surface area contributed by atoms with Crippen LogP contribution in [0.15, 0.2) is 18.2 Å². The summed E-state index contributed by atoms with van der Waals surface area (Å²) >= 11 is 6.02. The van der Waals surface area contributed by atoms with Gasteiger partial charge in [0.2, 0.25) is 10.0 Å². The maximum atomic E-state index is 11.6. The van der Waals surface area contributed by atoms with Gasteiger partial charge in [-0.3, -0.25) is 0 Å². The van der Waals surface area contributed by atoms with Crippen molar-refractivity contribution in [3.8, 4) is 5.75 Å². The molecule has 0 amide bonds. The Bertz CT molecular complexity index is 577. The molecule has 1 fully saturated rings. The molecule has 0 bridgehead atoms. The number of rotatable bonds is 5. The molecule has 2 rings (SSSR count). The molecule has 1 atom stereocenters. The summed E-state index contributed by atoms with van der Waals surface area (Å²) < 4.78 is 31.2. The van der Waals surface area contributed by atoms with E-state index in [0.717, 1.165) is 24.4 Å². The molecule has 20 heavy (non-hydrogen) atoms. The zero-order valence-corrected chi connectivity index (χ0v) is 13.2. The Morgan fingerprint density at radius 1 is 1.50 bits per heavy atom. The van der Waals surface area contributed by atoms with Gasteiger partial charge in [-0.15, -0.1) is 0 Å². The predicted molar refractivity (Wildman–Crippen MR) is 81.2 cm³/mol. The number of nitrogens with one attached hydrogen (secondary N) is 1. The fourth-order valence-electron chi connectivity index (χ4n) is 2.32. The first-order valence-electron chi connectivity index (χ1n) is 6.53. The quantitative estimate of drug-likeness (QED) is 0.900. The number of anilines is 1. The lowest BCUT2D eigenvalue weighted by atomic mass is 10.2. The predicted octanol–water partition coefficient (Wildman–Crippen LogP) is 1.87. The van der Waals surface area contributed by atoms with E-state index in [1.807, 2.05) is 12.1 Å². The Morgan fingerprint density at radius 3 is 2.90 bits per heavy atom. The van der Waals surface area contributed by atoms with Crippen LogP contribution in [0.5, 0.6) is 5.75 Å². The summed E-state index contributed by atoms with van der Waals surface area (Å²) in [6.07, 6.45) is 0.773. The van der Waals surface area contributed by atoms with E-state index in [4.69, 9.17) is 16.3 Å². The van der Waals surface area contributed by atoms with Gasteiger partial charge < -0.3 is 9.64 Å². The second-order valence-electron chi connectivity index (χ2n) is 4.77. The van der Waals surface area contributed by atoms with Gasteiger partial charge in [-0.1, -0.05) is 11.6 Å². The van der Waals surface area contributed by atoms with E-state index in [2.05, 4.69) is 9.62 Å². The highest BCUT2D eigenvalue weighted by atomic mass is 35.5. The third kappa shape index (κ3) is 3.56. The van der Waals surface area contributed by atoms with E-state index in [-0.39, 0.29) is 11.8 Å². The van der Waals surface area contributed by atoms with Crippen LogP contribution in [0.2, 0.25) is 5.02 Å². The first kappa shape index (κ1) is 15.4. The number of hydrogen-bond acceptors (Lipinski definition) is 4. The molecule has 0 spiro atoms. The fraction of sp³-hybridized carbons (Fsp3) is 0.538. The van der Waals surface area contributed by atoms with E-state index in [1.54, 1.807) is 20.1 Å². The Kier molecular flexibility index (Phi) is 4.78. The van der Waals surface area contributed by atoms with Gasteiger partial charge >= 0.3 is 0 Å². The molecule has 0 unspecified atom stereocenters. The Balaban J connectivity index is 2.11. The smallest absolute Gasteiger partial charge is 0.211 e.